The number of hydrogen-bond donors (Lipinski definition) is 0. The zero-order valence-electron chi connectivity index (χ0n) is 26.4. The van der Waals surface area contributed by atoms with E-state index in [9.17, 15) is 9.59 Å². The predicted molar refractivity (Wildman–Crippen MR) is 174 cm³/mol. The average molecular weight is 613 g/mol. The Labute approximate surface area is 264 Å². The lowest BCUT2D eigenvalue weighted by molar-refractivity contribution is 0.0769. The number of allylic oxidation sites excluding steroid dienone is 2. The van der Waals surface area contributed by atoms with Gasteiger partial charge in [0.25, 0.3) is 11.8 Å². The van der Waals surface area contributed by atoms with Gasteiger partial charge in [-0.2, -0.15) is 0 Å². The molecule has 0 aromatic heterocycles. The van der Waals surface area contributed by atoms with Crippen molar-refractivity contribution in [2.45, 2.75) is 58.0 Å². The van der Waals surface area contributed by atoms with E-state index < -0.39 is 0 Å². The van der Waals surface area contributed by atoms with Crippen molar-refractivity contribution in [3.05, 3.63) is 58.7 Å². The maximum Gasteiger partial charge on any atom is 0.257 e. The molecule has 2 fully saturated rings. The van der Waals surface area contributed by atoms with Crippen molar-refractivity contribution in [3.8, 4) is 23.0 Å². The third-order valence-corrected chi connectivity index (χ3v) is 8.93. The molecule has 0 aliphatic carbocycles. The van der Waals surface area contributed by atoms with Crippen LogP contribution in [0.3, 0.4) is 0 Å². The Morgan fingerprint density at radius 3 is 1.53 bits per heavy atom. The normalized spacial score (nSPS) is 21.8. The van der Waals surface area contributed by atoms with E-state index in [-0.39, 0.29) is 23.9 Å². The minimum absolute atomic E-state index is 0.0286. The number of fused-ring (bicyclic) bond motifs is 4. The van der Waals surface area contributed by atoms with Crippen molar-refractivity contribution in [2.24, 2.45) is 9.98 Å². The van der Waals surface area contributed by atoms with Crippen LogP contribution in [0.15, 0.2) is 57.5 Å². The first-order valence-corrected chi connectivity index (χ1v) is 15.6. The van der Waals surface area contributed by atoms with E-state index in [1.807, 2.05) is 36.1 Å². The standard InChI is InChI=1S/C35H40N4O6/c1-5-22-12-24-18-36-28-16-32(30(42-3)14-26(28)34(40)38(24)20-22)44-10-8-7-9-11-45-33-17-29-27(15-31(33)43-4)35(41)39-21-23(6-2)13-25(39)19-37-29/h5-6,14-19,24-25H,7-13,20-21H2,1-4H3/b22-5-,23-6-/t24-,25-/m0/s1. The number of carbonyl (C=O) groups is 2. The SMILES string of the molecule is C/C=C1/C[C@H]2C=Nc3cc(OCCCCCOc4cc5c(cc4OC)C(=O)N4C/C(=C\C)C[C@H]4C=N5)c(OC)cc3C(=O)N2C1. The van der Waals surface area contributed by atoms with Crippen molar-refractivity contribution >= 4 is 35.6 Å². The van der Waals surface area contributed by atoms with Gasteiger partial charge >= 0.3 is 0 Å². The summed E-state index contributed by atoms with van der Waals surface area (Å²) in [6, 6.07) is 7.02. The minimum atomic E-state index is -0.0398. The molecule has 0 bridgehead atoms. The van der Waals surface area contributed by atoms with Crippen LogP contribution < -0.4 is 18.9 Å². The Morgan fingerprint density at radius 1 is 0.689 bits per heavy atom. The largest absolute Gasteiger partial charge is 0.493 e. The number of benzene rings is 2. The molecule has 0 unspecified atom stereocenters. The van der Waals surface area contributed by atoms with Crippen LogP contribution in [-0.4, -0.2) is 86.6 Å². The third-order valence-electron chi connectivity index (χ3n) is 8.93. The summed E-state index contributed by atoms with van der Waals surface area (Å²) in [4.78, 5) is 39.6. The van der Waals surface area contributed by atoms with Crippen LogP contribution in [-0.2, 0) is 0 Å². The number of amides is 2. The van der Waals surface area contributed by atoms with Crippen molar-refractivity contribution < 1.29 is 28.5 Å². The molecular formula is C35H40N4O6. The van der Waals surface area contributed by atoms with E-state index in [2.05, 4.69) is 22.1 Å². The minimum Gasteiger partial charge on any atom is -0.493 e. The van der Waals surface area contributed by atoms with Crippen LogP contribution in [0.4, 0.5) is 11.4 Å². The molecule has 236 valence electrons. The van der Waals surface area contributed by atoms with Crippen LogP contribution >= 0.6 is 0 Å². The lowest BCUT2D eigenvalue weighted by Crippen LogP contribution is -2.35. The number of carbonyl (C=O) groups excluding carboxylic acids is 2. The first kappa shape index (κ1) is 30.4. The molecule has 4 heterocycles. The van der Waals surface area contributed by atoms with Gasteiger partial charge in [0.05, 0.1) is 62.0 Å². The number of unbranched alkanes of at least 4 members (excludes halogenated alkanes) is 2. The van der Waals surface area contributed by atoms with Gasteiger partial charge in [0.2, 0.25) is 0 Å². The molecule has 45 heavy (non-hydrogen) atoms. The molecule has 0 N–H and O–H groups in total. The second kappa shape index (κ2) is 13.2. The molecule has 10 nitrogen and oxygen atoms in total. The first-order chi connectivity index (χ1) is 21.9. The van der Waals surface area contributed by atoms with Crippen molar-refractivity contribution in [3.63, 3.8) is 0 Å². The second-order valence-electron chi connectivity index (χ2n) is 11.7. The predicted octanol–water partition coefficient (Wildman–Crippen LogP) is 6.09. The molecule has 0 spiro atoms. The van der Waals surface area contributed by atoms with E-state index in [4.69, 9.17) is 18.9 Å². The van der Waals surface area contributed by atoms with Crippen molar-refractivity contribution in [1.82, 2.24) is 9.80 Å². The summed E-state index contributed by atoms with van der Waals surface area (Å²) in [5, 5.41) is 0. The van der Waals surface area contributed by atoms with Gasteiger partial charge in [-0.05, 0) is 58.1 Å². The van der Waals surface area contributed by atoms with E-state index in [0.29, 0.717) is 71.8 Å². The van der Waals surface area contributed by atoms with E-state index >= 15 is 0 Å². The zero-order chi connectivity index (χ0) is 31.5. The van der Waals surface area contributed by atoms with E-state index in [1.54, 1.807) is 38.5 Å². The summed E-state index contributed by atoms with van der Waals surface area (Å²) in [7, 11) is 3.15. The summed E-state index contributed by atoms with van der Waals surface area (Å²) < 4.78 is 23.3. The molecule has 2 atom stereocenters. The summed E-state index contributed by atoms with van der Waals surface area (Å²) in [6.45, 7) is 6.23. The lowest BCUT2D eigenvalue weighted by atomic mass is 10.1. The fourth-order valence-corrected chi connectivity index (χ4v) is 6.27. The fraction of sp³-hybridized carbons (Fsp3) is 0.429. The van der Waals surface area contributed by atoms with Gasteiger partial charge in [-0.1, -0.05) is 23.3 Å². The highest BCUT2D eigenvalue weighted by molar-refractivity contribution is 6.04. The third kappa shape index (κ3) is 6.06. The average Bonchev–Trinajstić information content (AvgIpc) is 3.63. The molecule has 4 aliphatic heterocycles. The molecule has 10 heteroatoms. The van der Waals surface area contributed by atoms with Crippen LogP contribution in [0.25, 0.3) is 0 Å². The number of methoxy groups -OCH3 is 2. The van der Waals surface area contributed by atoms with Gasteiger partial charge in [0.15, 0.2) is 23.0 Å². The Bertz CT molecular complexity index is 1490. The van der Waals surface area contributed by atoms with Gasteiger partial charge in [0, 0.05) is 37.7 Å². The molecule has 0 saturated carbocycles. The van der Waals surface area contributed by atoms with Crippen molar-refractivity contribution in [1.29, 1.82) is 0 Å². The van der Waals surface area contributed by atoms with Crippen molar-refractivity contribution in [2.75, 3.05) is 40.5 Å². The van der Waals surface area contributed by atoms with E-state index in [0.717, 1.165) is 32.1 Å². The lowest BCUT2D eigenvalue weighted by Gasteiger charge is -2.20. The number of hydrogen-bond acceptors (Lipinski definition) is 8. The van der Waals surface area contributed by atoms with Crippen LogP contribution in [0, 0.1) is 0 Å². The Morgan fingerprint density at radius 2 is 1.13 bits per heavy atom. The first-order valence-electron chi connectivity index (χ1n) is 15.6. The highest BCUT2D eigenvalue weighted by Crippen LogP contribution is 2.40. The number of rotatable bonds is 10. The maximum atomic E-state index is 13.3. The molecule has 2 amide bonds. The van der Waals surface area contributed by atoms with E-state index in [1.165, 1.54) is 11.1 Å². The smallest absolute Gasteiger partial charge is 0.257 e. The fourth-order valence-electron chi connectivity index (χ4n) is 6.27. The molecule has 2 aromatic rings. The summed E-state index contributed by atoms with van der Waals surface area (Å²) in [5.74, 6) is 2.10. The molecule has 2 saturated heterocycles. The Hall–Kier alpha value is -4.60. The van der Waals surface area contributed by atoms with Crippen LogP contribution in [0.2, 0.25) is 0 Å². The number of nitrogens with zero attached hydrogens (tertiary/aromatic N) is 4. The zero-order valence-corrected chi connectivity index (χ0v) is 26.4. The highest BCUT2D eigenvalue weighted by Gasteiger charge is 2.36. The summed E-state index contributed by atoms with van der Waals surface area (Å²) >= 11 is 0. The maximum absolute atomic E-state index is 13.3. The van der Waals surface area contributed by atoms with Gasteiger partial charge < -0.3 is 28.7 Å². The Kier molecular flexibility index (Phi) is 8.91. The van der Waals surface area contributed by atoms with Gasteiger partial charge in [0.1, 0.15) is 0 Å². The molecule has 2 aromatic carbocycles. The van der Waals surface area contributed by atoms with Gasteiger partial charge in [-0.15, -0.1) is 0 Å². The van der Waals surface area contributed by atoms with Gasteiger partial charge in [-0.25, -0.2) is 0 Å². The quantitative estimate of drug-likeness (QED) is 0.238. The second-order valence-corrected chi connectivity index (χ2v) is 11.7. The summed E-state index contributed by atoms with van der Waals surface area (Å²) in [5.41, 5.74) is 4.74. The monoisotopic (exact) mass is 612 g/mol. The topological polar surface area (TPSA) is 102 Å². The molecule has 0 radical (unpaired) electrons. The summed E-state index contributed by atoms with van der Waals surface area (Å²) in [6.07, 6.45) is 12.0. The molecule has 6 rings (SSSR count). The van der Waals surface area contributed by atoms with Crippen LogP contribution in [0.1, 0.15) is 66.7 Å². The van der Waals surface area contributed by atoms with Gasteiger partial charge in [-0.3, -0.25) is 19.6 Å². The molecule has 4 aliphatic rings. The number of ether oxygens (including phenoxy) is 4. The Balaban J connectivity index is 1.02. The van der Waals surface area contributed by atoms with Crippen LogP contribution in [0.5, 0.6) is 23.0 Å². The number of aliphatic imine (C=N–C) groups is 2. The highest BCUT2D eigenvalue weighted by atomic mass is 16.5. The molecular weight excluding hydrogens is 572 g/mol.